The molecule has 0 amide bonds. The van der Waals surface area contributed by atoms with E-state index in [1.807, 2.05) is 0 Å². The standard InChI is InChI=1S/C11H16N2O3/c1-11(2,16)7-13(3)9-5-4-8(6-12-9)10(14)15/h4-6,16H,7H2,1-3H3,(H,14,15). The van der Waals surface area contributed by atoms with Crippen LogP contribution < -0.4 is 4.90 Å². The molecule has 0 aliphatic heterocycles. The average Bonchev–Trinajstić information content (AvgIpc) is 2.15. The molecule has 0 aromatic carbocycles. The minimum atomic E-state index is -0.996. The number of carbonyl (C=O) groups is 1. The highest BCUT2D eigenvalue weighted by Crippen LogP contribution is 2.13. The van der Waals surface area contributed by atoms with Gasteiger partial charge < -0.3 is 15.1 Å². The van der Waals surface area contributed by atoms with Crippen LogP contribution in [-0.2, 0) is 0 Å². The lowest BCUT2D eigenvalue weighted by atomic mass is 10.1. The quantitative estimate of drug-likeness (QED) is 0.797. The smallest absolute Gasteiger partial charge is 0.337 e. The number of aromatic carboxylic acids is 1. The molecule has 1 aromatic rings. The van der Waals surface area contributed by atoms with Crippen LogP contribution in [0.2, 0.25) is 0 Å². The van der Waals surface area contributed by atoms with E-state index in [1.165, 1.54) is 12.3 Å². The normalized spacial score (nSPS) is 11.2. The highest BCUT2D eigenvalue weighted by Gasteiger charge is 2.16. The Morgan fingerprint density at radius 3 is 2.50 bits per heavy atom. The van der Waals surface area contributed by atoms with Gasteiger partial charge >= 0.3 is 5.97 Å². The predicted octanol–water partition coefficient (Wildman–Crippen LogP) is 0.987. The van der Waals surface area contributed by atoms with Crippen molar-refractivity contribution in [1.29, 1.82) is 0 Å². The van der Waals surface area contributed by atoms with Crippen molar-refractivity contribution in [1.82, 2.24) is 4.98 Å². The number of anilines is 1. The summed E-state index contributed by atoms with van der Waals surface area (Å²) >= 11 is 0. The zero-order chi connectivity index (χ0) is 12.3. The van der Waals surface area contributed by atoms with Gasteiger partial charge in [0.25, 0.3) is 0 Å². The molecule has 88 valence electrons. The average molecular weight is 224 g/mol. The fraction of sp³-hybridized carbons (Fsp3) is 0.455. The number of carboxylic acids is 1. The first-order valence-electron chi connectivity index (χ1n) is 4.92. The van der Waals surface area contributed by atoms with Crippen LogP contribution >= 0.6 is 0 Å². The van der Waals surface area contributed by atoms with Crippen molar-refractivity contribution in [3.63, 3.8) is 0 Å². The Bertz CT molecular complexity index is 368. The molecule has 0 spiro atoms. The summed E-state index contributed by atoms with van der Waals surface area (Å²) in [5.74, 6) is -0.365. The summed E-state index contributed by atoms with van der Waals surface area (Å²) in [5.41, 5.74) is -0.664. The van der Waals surface area contributed by atoms with Gasteiger partial charge in [0, 0.05) is 19.8 Å². The maximum Gasteiger partial charge on any atom is 0.337 e. The largest absolute Gasteiger partial charge is 0.478 e. The summed E-state index contributed by atoms with van der Waals surface area (Å²) in [6, 6.07) is 3.11. The van der Waals surface area contributed by atoms with Gasteiger partial charge in [-0.3, -0.25) is 0 Å². The Morgan fingerprint density at radius 1 is 1.50 bits per heavy atom. The maximum absolute atomic E-state index is 10.6. The van der Waals surface area contributed by atoms with Crippen molar-refractivity contribution in [3.8, 4) is 0 Å². The molecule has 1 heterocycles. The molecule has 0 fully saturated rings. The number of aromatic nitrogens is 1. The van der Waals surface area contributed by atoms with Crippen LogP contribution in [0.3, 0.4) is 0 Å². The lowest BCUT2D eigenvalue weighted by Gasteiger charge is -2.26. The Balaban J connectivity index is 2.78. The van der Waals surface area contributed by atoms with E-state index in [4.69, 9.17) is 5.11 Å². The summed E-state index contributed by atoms with van der Waals surface area (Å²) < 4.78 is 0. The molecular formula is C11H16N2O3. The van der Waals surface area contributed by atoms with Crippen molar-refractivity contribution >= 4 is 11.8 Å². The van der Waals surface area contributed by atoms with Crippen LogP contribution in [0.5, 0.6) is 0 Å². The van der Waals surface area contributed by atoms with Gasteiger partial charge in [-0.25, -0.2) is 9.78 Å². The molecule has 2 N–H and O–H groups in total. The number of aliphatic hydroxyl groups is 1. The van der Waals surface area contributed by atoms with Gasteiger partial charge in [0.05, 0.1) is 11.2 Å². The van der Waals surface area contributed by atoms with Crippen molar-refractivity contribution in [2.24, 2.45) is 0 Å². The van der Waals surface area contributed by atoms with Crippen LogP contribution in [0, 0.1) is 0 Å². The molecule has 1 aromatic heterocycles. The number of nitrogens with zero attached hydrogens (tertiary/aromatic N) is 2. The number of hydrogen-bond acceptors (Lipinski definition) is 4. The molecule has 0 aliphatic carbocycles. The van der Waals surface area contributed by atoms with Crippen LogP contribution in [0.4, 0.5) is 5.82 Å². The Hall–Kier alpha value is -1.62. The zero-order valence-electron chi connectivity index (χ0n) is 9.64. The van der Waals surface area contributed by atoms with Crippen molar-refractivity contribution in [3.05, 3.63) is 23.9 Å². The first-order valence-corrected chi connectivity index (χ1v) is 4.92. The highest BCUT2D eigenvalue weighted by atomic mass is 16.4. The number of rotatable bonds is 4. The summed E-state index contributed by atoms with van der Waals surface area (Å²) in [5, 5.41) is 18.3. The van der Waals surface area contributed by atoms with Gasteiger partial charge in [0.15, 0.2) is 0 Å². The lowest BCUT2D eigenvalue weighted by Crippen LogP contribution is -2.36. The third kappa shape index (κ3) is 3.51. The minimum absolute atomic E-state index is 0.153. The second-order valence-corrected chi connectivity index (χ2v) is 4.38. The van der Waals surface area contributed by atoms with Crippen LogP contribution in [0.15, 0.2) is 18.3 Å². The first kappa shape index (κ1) is 12.4. The number of pyridine rings is 1. The number of carboxylic acid groups (broad SMARTS) is 1. The fourth-order valence-electron chi connectivity index (χ4n) is 1.40. The summed E-state index contributed by atoms with van der Waals surface area (Å²) in [6.45, 7) is 3.83. The van der Waals surface area contributed by atoms with Crippen LogP contribution in [0.25, 0.3) is 0 Å². The topological polar surface area (TPSA) is 73.7 Å². The monoisotopic (exact) mass is 224 g/mol. The molecule has 16 heavy (non-hydrogen) atoms. The van der Waals surface area contributed by atoms with E-state index in [1.54, 1.807) is 31.9 Å². The van der Waals surface area contributed by atoms with E-state index in [2.05, 4.69) is 4.98 Å². The summed E-state index contributed by atoms with van der Waals surface area (Å²) in [4.78, 5) is 16.4. The SMILES string of the molecule is CN(CC(C)(C)O)c1ccc(C(=O)O)cn1. The molecule has 5 nitrogen and oxygen atoms in total. The molecule has 1 rings (SSSR count). The van der Waals surface area contributed by atoms with E-state index < -0.39 is 11.6 Å². The van der Waals surface area contributed by atoms with E-state index >= 15 is 0 Å². The molecular weight excluding hydrogens is 208 g/mol. The summed E-state index contributed by atoms with van der Waals surface area (Å²) in [6.07, 6.45) is 1.30. The van der Waals surface area contributed by atoms with E-state index in [0.717, 1.165) is 0 Å². The maximum atomic E-state index is 10.6. The minimum Gasteiger partial charge on any atom is -0.478 e. The number of hydrogen-bond donors (Lipinski definition) is 2. The van der Waals surface area contributed by atoms with Gasteiger partial charge in [-0.05, 0) is 26.0 Å². The van der Waals surface area contributed by atoms with Crippen molar-refractivity contribution in [2.75, 3.05) is 18.5 Å². The molecule has 5 heteroatoms. The van der Waals surface area contributed by atoms with Gasteiger partial charge in [-0.1, -0.05) is 0 Å². The van der Waals surface area contributed by atoms with Gasteiger partial charge in [-0.15, -0.1) is 0 Å². The Labute approximate surface area is 94.4 Å². The molecule has 0 saturated carbocycles. The third-order valence-corrected chi connectivity index (χ3v) is 2.01. The Kier molecular flexibility index (Phi) is 3.49. The van der Waals surface area contributed by atoms with Crippen LogP contribution in [-0.4, -0.2) is 40.4 Å². The van der Waals surface area contributed by atoms with Gasteiger partial charge in [0.2, 0.25) is 0 Å². The van der Waals surface area contributed by atoms with Crippen molar-refractivity contribution < 1.29 is 15.0 Å². The molecule has 0 radical (unpaired) electrons. The highest BCUT2D eigenvalue weighted by molar-refractivity contribution is 5.87. The second-order valence-electron chi connectivity index (χ2n) is 4.38. The molecule has 0 saturated heterocycles. The predicted molar refractivity (Wildman–Crippen MR) is 60.8 cm³/mol. The van der Waals surface area contributed by atoms with Gasteiger partial charge in [-0.2, -0.15) is 0 Å². The number of likely N-dealkylation sites (N-methyl/N-ethyl adjacent to an activating group) is 1. The second kappa shape index (κ2) is 4.49. The van der Waals surface area contributed by atoms with E-state index in [-0.39, 0.29) is 5.56 Å². The first-order chi connectivity index (χ1) is 7.29. The van der Waals surface area contributed by atoms with Crippen LogP contribution in [0.1, 0.15) is 24.2 Å². The van der Waals surface area contributed by atoms with E-state index in [0.29, 0.717) is 12.4 Å². The zero-order valence-corrected chi connectivity index (χ0v) is 9.64. The summed E-state index contributed by atoms with van der Waals surface area (Å²) in [7, 11) is 1.79. The van der Waals surface area contributed by atoms with Gasteiger partial charge in [0.1, 0.15) is 5.82 Å². The third-order valence-electron chi connectivity index (χ3n) is 2.01. The van der Waals surface area contributed by atoms with E-state index in [9.17, 15) is 9.90 Å². The Morgan fingerprint density at radius 2 is 2.12 bits per heavy atom. The molecule has 0 aliphatic rings. The molecule has 0 atom stereocenters. The lowest BCUT2D eigenvalue weighted by molar-refractivity contribution is 0.0695. The molecule has 0 bridgehead atoms. The fourth-order valence-corrected chi connectivity index (χ4v) is 1.40. The molecule has 0 unspecified atom stereocenters. The van der Waals surface area contributed by atoms with Crippen molar-refractivity contribution in [2.45, 2.75) is 19.4 Å².